The maximum Gasteiger partial charge on any atom is 0.230 e. The van der Waals surface area contributed by atoms with E-state index in [0.29, 0.717) is 10.6 Å². The Morgan fingerprint density at radius 2 is 2.00 bits per heavy atom. The highest BCUT2D eigenvalue weighted by Gasteiger charge is 2.13. The van der Waals surface area contributed by atoms with Crippen molar-refractivity contribution in [3.8, 4) is 6.07 Å². The molecule has 25 heavy (non-hydrogen) atoms. The Labute approximate surface area is 153 Å². The van der Waals surface area contributed by atoms with E-state index in [1.165, 1.54) is 17.3 Å². The summed E-state index contributed by atoms with van der Waals surface area (Å²) in [6, 6.07) is 12.3. The zero-order valence-corrected chi connectivity index (χ0v) is 15.9. The Bertz CT molecular complexity index is 794. The van der Waals surface area contributed by atoms with E-state index in [4.69, 9.17) is 0 Å². The van der Waals surface area contributed by atoms with Gasteiger partial charge >= 0.3 is 0 Å². The van der Waals surface area contributed by atoms with Gasteiger partial charge in [0.15, 0.2) is 0 Å². The predicted octanol–water partition coefficient (Wildman–Crippen LogP) is 4.10. The zero-order valence-electron chi connectivity index (χ0n) is 15.1. The quantitative estimate of drug-likeness (QED) is 0.794. The van der Waals surface area contributed by atoms with Gasteiger partial charge in [-0.25, -0.2) is 4.98 Å². The number of aromatic nitrogens is 1. The molecular weight excluding hydrogens is 330 g/mol. The molecule has 0 aliphatic heterocycles. The molecule has 130 valence electrons. The number of amides is 1. The molecule has 1 N–H and O–H groups in total. The van der Waals surface area contributed by atoms with E-state index in [1.807, 2.05) is 26.8 Å². The number of nitriles is 1. The lowest BCUT2D eigenvalue weighted by Crippen LogP contribution is -2.28. The molecule has 2 aromatic rings. The van der Waals surface area contributed by atoms with Crippen LogP contribution in [0, 0.1) is 25.2 Å². The Balaban J connectivity index is 1.97. The number of aryl methyl sites for hydroxylation is 3. The van der Waals surface area contributed by atoms with Crippen LogP contribution in [0.1, 0.15) is 47.8 Å². The van der Waals surface area contributed by atoms with Gasteiger partial charge < -0.3 is 5.32 Å². The number of pyridine rings is 1. The molecule has 0 fully saturated rings. The maximum absolute atomic E-state index is 12.3. The molecule has 5 heteroatoms. The minimum absolute atomic E-state index is 0.0540. The second-order valence-electron chi connectivity index (χ2n) is 6.05. The van der Waals surface area contributed by atoms with Gasteiger partial charge in [-0.15, -0.1) is 0 Å². The minimum atomic E-state index is -0.0677. The topological polar surface area (TPSA) is 65.8 Å². The number of benzene rings is 1. The first-order chi connectivity index (χ1) is 11.9. The fourth-order valence-corrected chi connectivity index (χ4v) is 3.50. The minimum Gasteiger partial charge on any atom is -0.349 e. The molecule has 1 unspecified atom stereocenters. The van der Waals surface area contributed by atoms with Gasteiger partial charge in [0.2, 0.25) is 5.91 Å². The number of nitrogens with one attached hydrogen (secondary N) is 1. The largest absolute Gasteiger partial charge is 0.349 e. The molecule has 0 aliphatic carbocycles. The summed E-state index contributed by atoms with van der Waals surface area (Å²) in [6.45, 7) is 7.87. The highest BCUT2D eigenvalue weighted by molar-refractivity contribution is 8.00. The highest BCUT2D eigenvalue weighted by atomic mass is 32.2. The first-order valence-corrected chi connectivity index (χ1v) is 9.32. The van der Waals surface area contributed by atoms with E-state index in [1.54, 1.807) is 0 Å². The summed E-state index contributed by atoms with van der Waals surface area (Å²) in [5.41, 5.74) is 4.65. The van der Waals surface area contributed by atoms with Crippen molar-refractivity contribution in [1.29, 1.82) is 5.26 Å². The van der Waals surface area contributed by atoms with Crippen LogP contribution in [0.3, 0.4) is 0 Å². The monoisotopic (exact) mass is 353 g/mol. The molecular formula is C20H23N3OS. The Kier molecular flexibility index (Phi) is 6.60. The highest BCUT2D eigenvalue weighted by Crippen LogP contribution is 2.23. The first kappa shape index (κ1) is 19.0. The molecule has 1 aromatic carbocycles. The van der Waals surface area contributed by atoms with Gasteiger partial charge in [0, 0.05) is 5.69 Å². The third-order valence-electron chi connectivity index (χ3n) is 4.03. The van der Waals surface area contributed by atoms with Crippen molar-refractivity contribution in [2.24, 2.45) is 0 Å². The third-order valence-corrected chi connectivity index (χ3v) is 5.00. The second-order valence-corrected chi connectivity index (χ2v) is 7.01. The van der Waals surface area contributed by atoms with Crippen molar-refractivity contribution in [3.63, 3.8) is 0 Å². The van der Waals surface area contributed by atoms with Gasteiger partial charge in [-0.1, -0.05) is 43.0 Å². The molecule has 1 amide bonds. The van der Waals surface area contributed by atoms with Gasteiger partial charge in [0.25, 0.3) is 0 Å². The summed E-state index contributed by atoms with van der Waals surface area (Å²) in [6.07, 6.45) is 1.00. The maximum atomic E-state index is 12.3. The van der Waals surface area contributed by atoms with Crippen molar-refractivity contribution in [2.75, 3.05) is 5.75 Å². The summed E-state index contributed by atoms with van der Waals surface area (Å²) < 4.78 is 0. The van der Waals surface area contributed by atoms with E-state index < -0.39 is 0 Å². The van der Waals surface area contributed by atoms with Crippen molar-refractivity contribution < 1.29 is 4.79 Å². The number of hydrogen-bond donors (Lipinski definition) is 1. The van der Waals surface area contributed by atoms with Gasteiger partial charge in [-0.3, -0.25) is 4.79 Å². The van der Waals surface area contributed by atoms with E-state index in [9.17, 15) is 10.1 Å². The van der Waals surface area contributed by atoms with E-state index in [2.05, 4.69) is 47.6 Å². The smallest absolute Gasteiger partial charge is 0.230 e. The van der Waals surface area contributed by atoms with Gasteiger partial charge in [0.1, 0.15) is 11.1 Å². The van der Waals surface area contributed by atoms with Crippen LogP contribution in [0.15, 0.2) is 35.4 Å². The Morgan fingerprint density at radius 1 is 1.32 bits per heavy atom. The fraction of sp³-hybridized carbons (Fsp3) is 0.350. The second kappa shape index (κ2) is 8.68. The van der Waals surface area contributed by atoms with Crippen LogP contribution >= 0.6 is 11.8 Å². The summed E-state index contributed by atoms with van der Waals surface area (Å²) in [7, 11) is 0. The molecule has 1 heterocycles. The number of thioether (sulfide) groups is 1. The van der Waals surface area contributed by atoms with E-state index >= 15 is 0 Å². The molecule has 0 aliphatic rings. The van der Waals surface area contributed by atoms with Crippen LogP contribution in [0.2, 0.25) is 0 Å². The third kappa shape index (κ3) is 5.07. The lowest BCUT2D eigenvalue weighted by atomic mass is 10.1. The van der Waals surface area contributed by atoms with E-state index in [-0.39, 0.29) is 17.7 Å². The summed E-state index contributed by atoms with van der Waals surface area (Å²) >= 11 is 1.31. The van der Waals surface area contributed by atoms with Crippen molar-refractivity contribution in [1.82, 2.24) is 10.3 Å². The molecule has 0 spiro atoms. The van der Waals surface area contributed by atoms with Gasteiger partial charge in [-0.2, -0.15) is 5.26 Å². The molecule has 0 saturated carbocycles. The van der Waals surface area contributed by atoms with E-state index in [0.717, 1.165) is 23.2 Å². The lowest BCUT2D eigenvalue weighted by Gasteiger charge is -2.15. The van der Waals surface area contributed by atoms with Crippen LogP contribution in [0.25, 0.3) is 0 Å². The summed E-state index contributed by atoms with van der Waals surface area (Å²) in [5.74, 6) is 0.170. The molecule has 0 saturated heterocycles. The Morgan fingerprint density at radius 3 is 2.60 bits per heavy atom. The summed E-state index contributed by atoms with van der Waals surface area (Å²) in [5, 5.41) is 12.9. The van der Waals surface area contributed by atoms with Crippen LogP contribution in [0.5, 0.6) is 0 Å². The van der Waals surface area contributed by atoms with Crippen LogP contribution < -0.4 is 5.32 Å². The molecule has 1 atom stereocenters. The molecule has 0 radical (unpaired) electrons. The normalized spacial score (nSPS) is 11.6. The van der Waals surface area contributed by atoms with Crippen molar-refractivity contribution in [3.05, 3.63) is 58.3 Å². The molecule has 0 bridgehead atoms. The fourth-order valence-electron chi connectivity index (χ4n) is 2.59. The summed E-state index contributed by atoms with van der Waals surface area (Å²) in [4.78, 5) is 16.6. The number of nitrogens with zero attached hydrogens (tertiary/aromatic N) is 2. The Hall–Kier alpha value is -2.32. The molecule has 2 rings (SSSR count). The molecule has 1 aromatic heterocycles. The van der Waals surface area contributed by atoms with Crippen LogP contribution in [-0.2, 0) is 11.2 Å². The SMILES string of the molecule is CCc1ccc(C(C)NC(=O)CSc2nc(C)cc(C)c2C#N)cc1. The van der Waals surface area contributed by atoms with Crippen LogP contribution in [-0.4, -0.2) is 16.6 Å². The van der Waals surface area contributed by atoms with Crippen molar-refractivity contribution in [2.45, 2.75) is 45.2 Å². The van der Waals surface area contributed by atoms with Gasteiger partial charge in [0.05, 0.1) is 17.4 Å². The average molecular weight is 353 g/mol. The number of carbonyl (C=O) groups excluding carboxylic acids is 1. The lowest BCUT2D eigenvalue weighted by molar-refractivity contribution is -0.119. The first-order valence-electron chi connectivity index (χ1n) is 8.34. The zero-order chi connectivity index (χ0) is 18.4. The average Bonchev–Trinajstić information content (AvgIpc) is 2.59. The molecule has 4 nitrogen and oxygen atoms in total. The number of carbonyl (C=O) groups is 1. The number of hydrogen-bond acceptors (Lipinski definition) is 4. The standard InChI is InChI=1S/C20H23N3OS/c1-5-16-6-8-17(9-7-16)15(4)23-19(24)12-25-20-18(11-21)13(2)10-14(3)22-20/h6-10,15H,5,12H2,1-4H3,(H,23,24). The van der Waals surface area contributed by atoms with Gasteiger partial charge in [-0.05, 0) is 49.9 Å². The van der Waals surface area contributed by atoms with Crippen LogP contribution in [0.4, 0.5) is 0 Å². The van der Waals surface area contributed by atoms with Crippen molar-refractivity contribution >= 4 is 17.7 Å². The number of rotatable bonds is 6. The predicted molar refractivity (Wildman–Crippen MR) is 102 cm³/mol.